The van der Waals surface area contributed by atoms with Gasteiger partial charge in [-0.3, -0.25) is 4.79 Å². The number of likely N-dealkylation sites (tertiary alicyclic amines) is 1. The molecule has 0 bridgehead atoms. The lowest BCUT2D eigenvalue weighted by Gasteiger charge is -2.41. The molecular weight excluding hydrogens is 604 g/mol. The van der Waals surface area contributed by atoms with Crippen LogP contribution in [0.25, 0.3) is 0 Å². The van der Waals surface area contributed by atoms with Crippen LogP contribution >= 0.6 is 34.8 Å². The monoisotopic (exact) mass is 634 g/mol. The van der Waals surface area contributed by atoms with Crippen molar-refractivity contribution in [3.05, 3.63) is 57.6 Å². The fourth-order valence-electron chi connectivity index (χ4n) is 6.06. The van der Waals surface area contributed by atoms with Gasteiger partial charge in [0.25, 0.3) is 0 Å². The zero-order chi connectivity index (χ0) is 29.7. The highest BCUT2D eigenvalue weighted by Crippen LogP contribution is 2.55. The number of rotatable bonds is 7. The minimum Gasteiger partial charge on any atom is -0.493 e. The molecule has 1 aliphatic carbocycles. The Bertz CT molecular complexity index is 1310. The molecule has 1 N–H and O–H groups in total. The summed E-state index contributed by atoms with van der Waals surface area (Å²) in [6, 6.07) is 7.23. The van der Waals surface area contributed by atoms with Gasteiger partial charge < -0.3 is 24.4 Å². The lowest BCUT2D eigenvalue weighted by atomic mass is 9.83. The van der Waals surface area contributed by atoms with Gasteiger partial charge in [-0.25, -0.2) is 0 Å². The number of nitrogens with zero attached hydrogens (tertiary/aromatic N) is 2. The minimum absolute atomic E-state index is 0.0725. The standard InChI is InChI=1S/C29H32Cl3F3N2O4/c1-40-24-13-17-5-10-37(26(38)21-16-28(21,31)32)23(19(17)15-25(24)41-2)6-9-36-11-7-27(39,8-12-36)18-3-4-22(30)20(14-18)29(33,34)35/h3-4,13-15,21,23,39H,5-12,16H2,1-2H3. The van der Waals surface area contributed by atoms with Crippen molar-refractivity contribution in [3.63, 3.8) is 0 Å². The van der Waals surface area contributed by atoms with Gasteiger partial charge >= 0.3 is 6.18 Å². The van der Waals surface area contributed by atoms with Crippen LogP contribution in [0.3, 0.4) is 0 Å². The predicted molar refractivity (Wildman–Crippen MR) is 151 cm³/mol. The van der Waals surface area contributed by atoms with Crippen molar-refractivity contribution >= 4 is 40.7 Å². The van der Waals surface area contributed by atoms with E-state index in [0.29, 0.717) is 56.9 Å². The molecule has 2 fully saturated rings. The topological polar surface area (TPSA) is 62.2 Å². The molecule has 5 rings (SSSR count). The van der Waals surface area contributed by atoms with E-state index in [-0.39, 0.29) is 30.4 Å². The molecule has 3 aliphatic rings. The van der Waals surface area contributed by atoms with Gasteiger partial charge in [0.15, 0.2) is 11.5 Å². The predicted octanol–water partition coefficient (Wildman–Crippen LogP) is 6.37. The second kappa shape index (κ2) is 11.3. The number of ether oxygens (including phenoxy) is 2. The van der Waals surface area contributed by atoms with Crippen LogP contribution in [0.2, 0.25) is 5.02 Å². The number of halogens is 6. The number of piperidine rings is 1. The largest absolute Gasteiger partial charge is 0.493 e. The smallest absolute Gasteiger partial charge is 0.417 e. The van der Waals surface area contributed by atoms with E-state index in [0.717, 1.165) is 17.2 Å². The summed E-state index contributed by atoms with van der Waals surface area (Å²) in [5.41, 5.74) is -0.0731. The van der Waals surface area contributed by atoms with Crippen LogP contribution in [0.4, 0.5) is 13.2 Å². The maximum Gasteiger partial charge on any atom is 0.417 e. The van der Waals surface area contributed by atoms with Crippen LogP contribution in [0.5, 0.6) is 11.5 Å². The molecule has 41 heavy (non-hydrogen) atoms. The SMILES string of the molecule is COc1cc2c(cc1OC)C(CCN1CCC(O)(c3ccc(Cl)c(C(F)(F)F)c3)CC1)N(C(=O)C1CC1(Cl)Cl)CC2. The maximum absolute atomic E-state index is 13.5. The Morgan fingerprint density at radius 2 is 1.71 bits per heavy atom. The van der Waals surface area contributed by atoms with Crippen molar-refractivity contribution in [2.75, 3.05) is 40.4 Å². The first kappa shape index (κ1) is 30.5. The number of alkyl halides is 5. The van der Waals surface area contributed by atoms with Gasteiger partial charge in [-0.15, -0.1) is 23.2 Å². The molecule has 12 heteroatoms. The third kappa shape index (κ3) is 6.11. The lowest BCUT2D eigenvalue weighted by molar-refractivity contribution is -0.138. The van der Waals surface area contributed by atoms with Gasteiger partial charge in [0, 0.05) is 26.2 Å². The third-order valence-electron chi connectivity index (χ3n) is 8.62. The second-order valence-corrected chi connectivity index (χ2v) is 13.0. The van der Waals surface area contributed by atoms with Gasteiger partial charge in [0.1, 0.15) is 4.33 Å². The number of aliphatic hydroxyl groups is 1. The lowest BCUT2D eigenvalue weighted by Crippen LogP contribution is -2.45. The first-order chi connectivity index (χ1) is 19.3. The van der Waals surface area contributed by atoms with Gasteiger partial charge in [-0.1, -0.05) is 17.7 Å². The van der Waals surface area contributed by atoms with Crippen LogP contribution in [0.1, 0.15) is 54.0 Å². The number of carbonyl (C=O) groups is 1. The van der Waals surface area contributed by atoms with E-state index in [1.54, 1.807) is 14.2 Å². The summed E-state index contributed by atoms with van der Waals surface area (Å²) in [6.07, 6.45) is -2.39. The van der Waals surface area contributed by atoms with Crippen molar-refractivity contribution in [1.29, 1.82) is 0 Å². The molecular formula is C29H32Cl3F3N2O4. The van der Waals surface area contributed by atoms with Crippen molar-refractivity contribution in [1.82, 2.24) is 9.80 Å². The van der Waals surface area contributed by atoms with Gasteiger partial charge in [-0.2, -0.15) is 13.2 Å². The van der Waals surface area contributed by atoms with E-state index < -0.39 is 32.6 Å². The zero-order valence-corrected chi connectivity index (χ0v) is 25.0. The first-order valence-corrected chi connectivity index (χ1v) is 14.7. The van der Waals surface area contributed by atoms with E-state index in [4.69, 9.17) is 44.3 Å². The Hall–Kier alpha value is -1.91. The molecule has 1 saturated heterocycles. The fraction of sp³-hybridized carbons (Fsp3) is 0.552. The van der Waals surface area contributed by atoms with E-state index in [2.05, 4.69) is 4.90 Å². The Labute approximate surface area is 252 Å². The molecule has 0 radical (unpaired) electrons. The minimum atomic E-state index is -4.61. The Morgan fingerprint density at radius 3 is 2.29 bits per heavy atom. The molecule has 6 nitrogen and oxygen atoms in total. The van der Waals surface area contributed by atoms with Crippen LogP contribution < -0.4 is 9.47 Å². The molecule has 2 unspecified atom stereocenters. The number of amides is 1. The highest BCUT2D eigenvalue weighted by Gasteiger charge is 2.58. The van der Waals surface area contributed by atoms with Gasteiger partial charge in [0.05, 0.1) is 42.4 Å². The Morgan fingerprint density at radius 1 is 1.07 bits per heavy atom. The molecule has 2 aromatic rings. The molecule has 0 aromatic heterocycles. The van der Waals surface area contributed by atoms with E-state index in [9.17, 15) is 23.1 Å². The molecule has 2 aliphatic heterocycles. The molecule has 2 heterocycles. The summed E-state index contributed by atoms with van der Waals surface area (Å²) in [4.78, 5) is 17.5. The summed E-state index contributed by atoms with van der Waals surface area (Å²) in [7, 11) is 3.15. The molecule has 2 atom stereocenters. The molecule has 0 spiro atoms. The van der Waals surface area contributed by atoms with Crippen LogP contribution in [0, 0.1) is 5.92 Å². The molecule has 1 saturated carbocycles. The molecule has 1 amide bonds. The third-order valence-corrected chi connectivity index (χ3v) is 9.79. The second-order valence-electron chi connectivity index (χ2n) is 11.1. The average Bonchev–Trinajstić information content (AvgIpc) is 3.58. The fourth-order valence-corrected chi connectivity index (χ4v) is 6.78. The summed E-state index contributed by atoms with van der Waals surface area (Å²) in [5, 5.41) is 10.9. The van der Waals surface area contributed by atoms with Crippen molar-refractivity contribution in [2.45, 2.75) is 54.3 Å². The van der Waals surface area contributed by atoms with E-state index >= 15 is 0 Å². The quantitative estimate of drug-likeness (QED) is 0.359. The highest BCUT2D eigenvalue weighted by molar-refractivity contribution is 6.52. The summed E-state index contributed by atoms with van der Waals surface area (Å²) in [5.74, 6) is 0.682. The highest BCUT2D eigenvalue weighted by atomic mass is 35.5. The molecule has 224 valence electrons. The number of benzene rings is 2. The first-order valence-electron chi connectivity index (χ1n) is 13.5. The Balaban J connectivity index is 1.32. The summed E-state index contributed by atoms with van der Waals surface area (Å²) >= 11 is 18.3. The van der Waals surface area contributed by atoms with Crippen LogP contribution in [0.15, 0.2) is 30.3 Å². The van der Waals surface area contributed by atoms with Crippen LogP contribution in [-0.2, 0) is 23.0 Å². The van der Waals surface area contributed by atoms with Crippen molar-refractivity contribution < 1.29 is 32.5 Å². The Kier molecular flexibility index (Phi) is 8.42. The number of hydrogen-bond donors (Lipinski definition) is 1. The average molecular weight is 636 g/mol. The summed E-state index contributed by atoms with van der Waals surface area (Å²) in [6.45, 7) is 2.10. The number of fused-ring (bicyclic) bond motifs is 1. The maximum atomic E-state index is 13.5. The summed E-state index contributed by atoms with van der Waals surface area (Å²) < 4.78 is 50.2. The zero-order valence-electron chi connectivity index (χ0n) is 22.7. The van der Waals surface area contributed by atoms with E-state index in [1.807, 2.05) is 17.0 Å². The number of carbonyl (C=O) groups excluding carboxylic acids is 1. The van der Waals surface area contributed by atoms with Gasteiger partial charge in [-0.05, 0) is 73.1 Å². The number of hydrogen-bond acceptors (Lipinski definition) is 5. The molecule has 2 aromatic carbocycles. The van der Waals surface area contributed by atoms with E-state index in [1.165, 1.54) is 12.1 Å². The van der Waals surface area contributed by atoms with Crippen molar-refractivity contribution in [3.8, 4) is 11.5 Å². The number of methoxy groups -OCH3 is 2. The normalized spacial score (nSPS) is 23.6. The van der Waals surface area contributed by atoms with Crippen molar-refractivity contribution in [2.24, 2.45) is 5.92 Å². The van der Waals surface area contributed by atoms with Gasteiger partial charge in [0.2, 0.25) is 5.91 Å². The van der Waals surface area contributed by atoms with Crippen LogP contribution in [-0.4, -0.2) is 65.5 Å².